The summed E-state index contributed by atoms with van der Waals surface area (Å²) in [5.41, 5.74) is 6.66. The molecule has 5 nitrogen and oxygen atoms in total. The first-order valence-corrected chi connectivity index (χ1v) is 7.05. The second-order valence-electron chi connectivity index (χ2n) is 3.66. The van der Waals surface area contributed by atoms with Crippen LogP contribution in [0.5, 0.6) is 0 Å². The number of nitrogen functional groups attached to an aromatic ring is 1. The van der Waals surface area contributed by atoms with E-state index in [2.05, 4.69) is 10.1 Å². The van der Waals surface area contributed by atoms with Crippen LogP contribution in [0.1, 0.15) is 6.42 Å². The van der Waals surface area contributed by atoms with Gasteiger partial charge in [0.15, 0.2) is 0 Å². The third kappa shape index (κ3) is 5.85. The first-order chi connectivity index (χ1) is 9.02. The lowest BCUT2D eigenvalue weighted by atomic mass is 10.2. The molecule has 0 saturated heterocycles. The molecule has 0 aromatic heterocycles. The second kappa shape index (κ2) is 7.91. The molecule has 0 unspecified atom stereocenters. The van der Waals surface area contributed by atoms with E-state index in [0.29, 0.717) is 22.2 Å². The molecule has 0 aliphatic rings. The highest BCUT2D eigenvalue weighted by atomic mass is 35.5. The van der Waals surface area contributed by atoms with Gasteiger partial charge in [-0.2, -0.15) is 11.8 Å². The first-order valence-electron chi connectivity index (χ1n) is 5.52. The Labute approximate surface area is 120 Å². The van der Waals surface area contributed by atoms with Gasteiger partial charge >= 0.3 is 5.97 Å². The van der Waals surface area contributed by atoms with E-state index in [9.17, 15) is 9.59 Å². The summed E-state index contributed by atoms with van der Waals surface area (Å²) in [7, 11) is 1.33. The molecule has 1 aromatic rings. The van der Waals surface area contributed by atoms with Gasteiger partial charge in [-0.15, -0.1) is 0 Å². The number of thioether (sulfide) groups is 1. The first kappa shape index (κ1) is 15.7. The Hall–Kier alpha value is -1.40. The minimum atomic E-state index is -0.285. The van der Waals surface area contributed by atoms with Gasteiger partial charge in [0, 0.05) is 10.8 Å². The third-order valence-electron chi connectivity index (χ3n) is 2.20. The van der Waals surface area contributed by atoms with Crippen LogP contribution in [0.2, 0.25) is 5.02 Å². The van der Waals surface area contributed by atoms with E-state index >= 15 is 0 Å². The summed E-state index contributed by atoms with van der Waals surface area (Å²) in [6.45, 7) is 0. The number of rotatable bonds is 6. The van der Waals surface area contributed by atoms with Crippen molar-refractivity contribution in [1.82, 2.24) is 0 Å². The molecular formula is C12H15ClN2O3S. The highest BCUT2D eigenvalue weighted by molar-refractivity contribution is 7.99. The number of anilines is 2. The van der Waals surface area contributed by atoms with Gasteiger partial charge in [-0.05, 0) is 18.2 Å². The maximum Gasteiger partial charge on any atom is 0.306 e. The molecule has 0 heterocycles. The molecule has 7 heteroatoms. The predicted molar refractivity (Wildman–Crippen MR) is 78.5 cm³/mol. The fraction of sp³-hybridized carbons (Fsp3) is 0.333. The third-order valence-corrected chi connectivity index (χ3v) is 3.39. The number of methoxy groups -OCH3 is 1. The molecule has 1 aromatic carbocycles. The van der Waals surface area contributed by atoms with Crippen molar-refractivity contribution < 1.29 is 14.3 Å². The van der Waals surface area contributed by atoms with Crippen LogP contribution in [-0.4, -0.2) is 30.5 Å². The van der Waals surface area contributed by atoms with Crippen LogP contribution in [0, 0.1) is 0 Å². The number of nitrogens with one attached hydrogen (secondary N) is 1. The highest BCUT2D eigenvalue weighted by Crippen LogP contribution is 2.23. The number of ether oxygens (including phenoxy) is 1. The van der Waals surface area contributed by atoms with Crippen molar-refractivity contribution in [3.63, 3.8) is 0 Å². The predicted octanol–water partition coefficient (Wildman–Crippen LogP) is 2.16. The van der Waals surface area contributed by atoms with E-state index in [4.69, 9.17) is 17.3 Å². The maximum atomic E-state index is 11.6. The molecule has 0 aliphatic carbocycles. The van der Waals surface area contributed by atoms with Crippen LogP contribution in [0.15, 0.2) is 18.2 Å². The lowest BCUT2D eigenvalue weighted by Gasteiger charge is -2.08. The molecule has 1 rings (SSSR count). The lowest BCUT2D eigenvalue weighted by molar-refractivity contribution is -0.140. The molecule has 104 valence electrons. The van der Waals surface area contributed by atoms with Crippen LogP contribution in [0.3, 0.4) is 0 Å². The monoisotopic (exact) mass is 302 g/mol. The molecular weight excluding hydrogens is 288 g/mol. The Balaban J connectivity index is 2.35. The van der Waals surface area contributed by atoms with Gasteiger partial charge in [-0.3, -0.25) is 9.59 Å². The van der Waals surface area contributed by atoms with Crippen molar-refractivity contribution in [2.75, 3.05) is 29.7 Å². The van der Waals surface area contributed by atoms with Gasteiger partial charge in [-0.25, -0.2) is 0 Å². The summed E-state index contributed by atoms with van der Waals surface area (Å²) < 4.78 is 4.50. The standard InChI is InChI=1S/C12H15ClN2O3S/c1-18-12(17)4-5-19-7-11(16)15-10-6-8(13)2-3-9(10)14/h2-3,6H,4-5,7,14H2,1H3,(H,15,16). The van der Waals surface area contributed by atoms with Crippen molar-refractivity contribution in [3.8, 4) is 0 Å². The van der Waals surface area contributed by atoms with Gasteiger partial charge in [0.05, 0.1) is 30.7 Å². The zero-order valence-electron chi connectivity index (χ0n) is 10.4. The van der Waals surface area contributed by atoms with Crippen LogP contribution in [0.25, 0.3) is 0 Å². The van der Waals surface area contributed by atoms with Crippen molar-refractivity contribution in [1.29, 1.82) is 0 Å². The number of carbonyl (C=O) groups is 2. The average Bonchev–Trinajstić information content (AvgIpc) is 2.38. The summed E-state index contributed by atoms with van der Waals surface area (Å²) >= 11 is 7.16. The largest absolute Gasteiger partial charge is 0.469 e. The number of carbonyl (C=O) groups excluding carboxylic acids is 2. The van der Waals surface area contributed by atoms with Crippen LogP contribution < -0.4 is 11.1 Å². The molecule has 0 radical (unpaired) electrons. The van der Waals surface area contributed by atoms with E-state index in [-0.39, 0.29) is 24.1 Å². The van der Waals surface area contributed by atoms with Gasteiger partial charge < -0.3 is 15.8 Å². The number of halogens is 1. The van der Waals surface area contributed by atoms with Crippen molar-refractivity contribution in [3.05, 3.63) is 23.2 Å². The van der Waals surface area contributed by atoms with Crippen molar-refractivity contribution in [2.24, 2.45) is 0 Å². The number of hydrogen-bond donors (Lipinski definition) is 2. The smallest absolute Gasteiger partial charge is 0.306 e. The summed E-state index contributed by atoms with van der Waals surface area (Å²) in [6, 6.07) is 4.87. The number of hydrogen-bond acceptors (Lipinski definition) is 5. The molecule has 19 heavy (non-hydrogen) atoms. The Bertz CT molecular complexity index is 468. The van der Waals surface area contributed by atoms with Gasteiger partial charge in [0.1, 0.15) is 0 Å². The normalized spacial score (nSPS) is 10.0. The Morgan fingerprint density at radius 3 is 2.89 bits per heavy atom. The quantitative estimate of drug-likeness (QED) is 0.478. The molecule has 0 bridgehead atoms. The summed E-state index contributed by atoms with van der Waals surface area (Å²) in [6.07, 6.45) is 0.285. The Morgan fingerprint density at radius 1 is 1.47 bits per heavy atom. The SMILES string of the molecule is COC(=O)CCSCC(=O)Nc1cc(Cl)ccc1N. The zero-order valence-corrected chi connectivity index (χ0v) is 12.0. The fourth-order valence-electron chi connectivity index (χ4n) is 1.25. The molecule has 0 aliphatic heterocycles. The van der Waals surface area contributed by atoms with Crippen molar-refractivity contribution >= 4 is 46.6 Å². The van der Waals surface area contributed by atoms with E-state index in [1.54, 1.807) is 18.2 Å². The second-order valence-corrected chi connectivity index (χ2v) is 5.20. The van der Waals surface area contributed by atoms with Crippen LogP contribution in [0.4, 0.5) is 11.4 Å². The van der Waals surface area contributed by atoms with Crippen LogP contribution in [-0.2, 0) is 14.3 Å². The van der Waals surface area contributed by atoms with E-state index < -0.39 is 0 Å². The minimum absolute atomic E-state index is 0.191. The number of esters is 1. The van der Waals surface area contributed by atoms with Gasteiger partial charge in [-0.1, -0.05) is 11.6 Å². The highest BCUT2D eigenvalue weighted by Gasteiger charge is 2.07. The lowest BCUT2D eigenvalue weighted by Crippen LogP contribution is -2.15. The van der Waals surface area contributed by atoms with Crippen molar-refractivity contribution in [2.45, 2.75) is 6.42 Å². The molecule has 0 spiro atoms. The number of nitrogens with two attached hydrogens (primary N) is 1. The fourth-order valence-corrected chi connectivity index (χ4v) is 2.13. The number of benzene rings is 1. The number of amides is 1. The van der Waals surface area contributed by atoms with E-state index in [1.807, 2.05) is 0 Å². The summed E-state index contributed by atoms with van der Waals surface area (Å²) in [5, 5.41) is 3.17. The summed E-state index contributed by atoms with van der Waals surface area (Å²) in [4.78, 5) is 22.5. The average molecular weight is 303 g/mol. The van der Waals surface area contributed by atoms with Gasteiger partial charge in [0.2, 0.25) is 5.91 Å². The Morgan fingerprint density at radius 2 is 2.21 bits per heavy atom. The van der Waals surface area contributed by atoms with Crippen LogP contribution >= 0.6 is 23.4 Å². The van der Waals surface area contributed by atoms with E-state index in [0.717, 1.165) is 0 Å². The molecule has 1 amide bonds. The van der Waals surface area contributed by atoms with E-state index in [1.165, 1.54) is 18.9 Å². The molecule has 0 saturated carbocycles. The summed E-state index contributed by atoms with van der Waals surface area (Å²) in [5.74, 6) is 0.296. The maximum absolute atomic E-state index is 11.6. The minimum Gasteiger partial charge on any atom is -0.469 e. The Kier molecular flexibility index (Phi) is 6.52. The molecule has 3 N–H and O–H groups in total. The topological polar surface area (TPSA) is 81.4 Å². The zero-order chi connectivity index (χ0) is 14.3. The molecule has 0 atom stereocenters. The van der Waals surface area contributed by atoms with Gasteiger partial charge in [0.25, 0.3) is 0 Å². The molecule has 0 fully saturated rings.